The third-order valence-electron chi connectivity index (χ3n) is 3.74. The topological polar surface area (TPSA) is 76.1 Å². The van der Waals surface area contributed by atoms with E-state index in [1.54, 1.807) is 13.2 Å². The van der Waals surface area contributed by atoms with Crippen LogP contribution in [0.1, 0.15) is 18.4 Å². The van der Waals surface area contributed by atoms with Crippen molar-refractivity contribution < 1.29 is 9.53 Å². The molecule has 6 heteroatoms. The number of carbonyl (C=O) groups is 1. The number of hydrogen-bond donors (Lipinski definition) is 2. The quantitative estimate of drug-likeness (QED) is 0.821. The molecule has 2 N–H and O–H groups in total. The summed E-state index contributed by atoms with van der Waals surface area (Å²) < 4.78 is 5.14. The molecule has 1 aliphatic carbocycles. The minimum absolute atomic E-state index is 0.0412. The number of hydrogen-bond acceptors (Lipinski definition) is 5. The zero-order valence-corrected chi connectivity index (χ0v) is 13.1. The molecule has 1 heterocycles. The number of aromatic nitrogens is 2. The summed E-state index contributed by atoms with van der Waals surface area (Å²) in [4.78, 5) is 11.6. The highest BCUT2D eigenvalue weighted by molar-refractivity contribution is 5.93. The van der Waals surface area contributed by atoms with Crippen LogP contribution in [0.2, 0.25) is 0 Å². The van der Waals surface area contributed by atoms with Gasteiger partial charge < -0.3 is 15.4 Å². The van der Waals surface area contributed by atoms with Crippen molar-refractivity contribution in [2.24, 2.45) is 5.92 Å². The first-order valence-electron chi connectivity index (χ1n) is 7.76. The number of amides is 1. The zero-order valence-electron chi connectivity index (χ0n) is 13.1. The molecule has 1 amide bonds. The molecule has 0 saturated heterocycles. The first-order valence-corrected chi connectivity index (χ1v) is 7.76. The van der Waals surface area contributed by atoms with E-state index < -0.39 is 0 Å². The fourth-order valence-electron chi connectivity index (χ4n) is 2.19. The summed E-state index contributed by atoms with van der Waals surface area (Å²) in [7, 11) is 1.66. The number of anilines is 2. The van der Waals surface area contributed by atoms with Crippen molar-refractivity contribution >= 4 is 17.5 Å². The van der Waals surface area contributed by atoms with Crippen molar-refractivity contribution in [1.82, 2.24) is 10.2 Å². The highest BCUT2D eigenvalue weighted by Gasteiger charge is 2.29. The molecule has 0 unspecified atom stereocenters. The molecule has 23 heavy (non-hydrogen) atoms. The molecule has 0 atom stereocenters. The Labute approximate surface area is 135 Å². The van der Waals surface area contributed by atoms with Gasteiger partial charge in [-0.15, -0.1) is 10.2 Å². The molecule has 0 aliphatic heterocycles. The molecule has 1 aromatic heterocycles. The van der Waals surface area contributed by atoms with Gasteiger partial charge in [0, 0.05) is 12.5 Å². The van der Waals surface area contributed by atoms with Gasteiger partial charge in [-0.25, -0.2) is 0 Å². The van der Waals surface area contributed by atoms with Crippen molar-refractivity contribution in [3.05, 3.63) is 42.0 Å². The molecule has 1 aliphatic rings. The lowest BCUT2D eigenvalue weighted by Gasteiger charge is -2.07. The average molecular weight is 312 g/mol. The molecule has 3 rings (SSSR count). The number of nitrogens with one attached hydrogen (secondary N) is 2. The van der Waals surface area contributed by atoms with Gasteiger partial charge in [-0.3, -0.25) is 4.79 Å². The fraction of sp³-hybridized carbons (Fsp3) is 0.353. The molecule has 0 spiro atoms. The van der Waals surface area contributed by atoms with E-state index in [-0.39, 0.29) is 11.8 Å². The van der Waals surface area contributed by atoms with Crippen LogP contribution < -0.4 is 15.4 Å². The number of rotatable bonds is 7. The second-order valence-corrected chi connectivity index (χ2v) is 5.59. The Morgan fingerprint density at radius 1 is 1.13 bits per heavy atom. The summed E-state index contributed by atoms with van der Waals surface area (Å²) in [5, 5.41) is 14.1. The maximum atomic E-state index is 11.6. The molecule has 0 bridgehead atoms. The smallest absolute Gasteiger partial charge is 0.228 e. The predicted octanol–water partition coefficient (Wildman–Crippen LogP) is 2.49. The Bertz CT molecular complexity index is 651. The van der Waals surface area contributed by atoms with Crippen LogP contribution in [-0.4, -0.2) is 29.8 Å². The van der Waals surface area contributed by atoms with Gasteiger partial charge in [0.1, 0.15) is 11.6 Å². The van der Waals surface area contributed by atoms with Crippen LogP contribution >= 0.6 is 0 Å². The molecular weight excluding hydrogens is 292 g/mol. The Morgan fingerprint density at radius 2 is 1.83 bits per heavy atom. The largest absolute Gasteiger partial charge is 0.497 e. The number of methoxy groups -OCH3 is 1. The molecule has 2 aromatic rings. The monoisotopic (exact) mass is 312 g/mol. The molecule has 120 valence electrons. The first kappa shape index (κ1) is 15.3. The van der Waals surface area contributed by atoms with Crippen molar-refractivity contribution in [1.29, 1.82) is 0 Å². The minimum atomic E-state index is 0.0412. The Morgan fingerprint density at radius 3 is 2.43 bits per heavy atom. The first-order chi connectivity index (χ1) is 11.2. The van der Waals surface area contributed by atoms with Crippen LogP contribution in [0, 0.1) is 5.92 Å². The summed E-state index contributed by atoms with van der Waals surface area (Å²) in [6, 6.07) is 11.6. The number of nitrogens with zero attached hydrogens (tertiary/aromatic N) is 2. The molecule has 1 saturated carbocycles. The minimum Gasteiger partial charge on any atom is -0.497 e. The van der Waals surface area contributed by atoms with E-state index >= 15 is 0 Å². The van der Waals surface area contributed by atoms with E-state index in [1.807, 2.05) is 30.3 Å². The second kappa shape index (κ2) is 7.09. The Kier molecular flexibility index (Phi) is 4.71. The SMILES string of the molecule is COc1ccc(CCNc2ccc(NC(=O)C3CC3)nn2)cc1. The van der Waals surface area contributed by atoms with Gasteiger partial charge in [-0.2, -0.15) is 0 Å². The zero-order chi connectivity index (χ0) is 16.1. The van der Waals surface area contributed by atoms with Crippen molar-refractivity contribution in [2.75, 3.05) is 24.3 Å². The Balaban J connectivity index is 1.45. The lowest BCUT2D eigenvalue weighted by atomic mass is 10.1. The van der Waals surface area contributed by atoms with Crippen molar-refractivity contribution in [3.8, 4) is 5.75 Å². The molecular formula is C17H20N4O2. The van der Waals surface area contributed by atoms with Crippen LogP contribution in [0.3, 0.4) is 0 Å². The maximum absolute atomic E-state index is 11.6. The molecule has 1 aromatic carbocycles. The third-order valence-corrected chi connectivity index (χ3v) is 3.74. The van der Waals surface area contributed by atoms with Gasteiger partial charge in [-0.1, -0.05) is 12.1 Å². The van der Waals surface area contributed by atoms with Gasteiger partial charge in [0.2, 0.25) is 5.91 Å². The molecule has 1 fully saturated rings. The highest BCUT2D eigenvalue weighted by Crippen LogP contribution is 2.29. The predicted molar refractivity (Wildman–Crippen MR) is 88.6 cm³/mol. The van der Waals surface area contributed by atoms with E-state index in [1.165, 1.54) is 5.56 Å². The van der Waals surface area contributed by atoms with Gasteiger partial charge in [0.05, 0.1) is 7.11 Å². The van der Waals surface area contributed by atoms with E-state index in [9.17, 15) is 4.79 Å². The third kappa shape index (κ3) is 4.42. The van der Waals surface area contributed by atoms with E-state index in [2.05, 4.69) is 20.8 Å². The lowest BCUT2D eigenvalue weighted by molar-refractivity contribution is -0.117. The number of carbonyl (C=O) groups excluding carboxylic acids is 1. The van der Waals surface area contributed by atoms with Crippen molar-refractivity contribution in [2.45, 2.75) is 19.3 Å². The summed E-state index contributed by atoms with van der Waals surface area (Å²) in [6.45, 7) is 0.759. The van der Waals surface area contributed by atoms with Crippen LogP contribution in [0.5, 0.6) is 5.75 Å². The molecule has 6 nitrogen and oxygen atoms in total. The summed E-state index contributed by atoms with van der Waals surface area (Å²) in [5.74, 6) is 2.26. The summed E-state index contributed by atoms with van der Waals surface area (Å²) in [5.41, 5.74) is 1.22. The van der Waals surface area contributed by atoms with E-state index in [0.29, 0.717) is 11.6 Å². The Hall–Kier alpha value is -2.63. The summed E-state index contributed by atoms with van der Waals surface area (Å²) in [6.07, 6.45) is 2.83. The van der Waals surface area contributed by atoms with Gasteiger partial charge in [-0.05, 0) is 49.1 Å². The highest BCUT2D eigenvalue weighted by atomic mass is 16.5. The van der Waals surface area contributed by atoms with Crippen molar-refractivity contribution in [3.63, 3.8) is 0 Å². The average Bonchev–Trinajstić information content (AvgIpc) is 3.42. The van der Waals surface area contributed by atoms with Gasteiger partial charge in [0.15, 0.2) is 5.82 Å². The molecule has 0 radical (unpaired) electrons. The van der Waals surface area contributed by atoms with Crippen LogP contribution in [0.4, 0.5) is 11.6 Å². The standard InChI is InChI=1S/C17H20N4O2/c1-23-14-6-2-12(3-7-14)10-11-18-15-8-9-16(21-20-15)19-17(22)13-4-5-13/h2-3,6-9,13H,4-5,10-11H2,1H3,(H,18,20)(H,19,21,22). The van der Waals surface area contributed by atoms with Crippen LogP contribution in [-0.2, 0) is 11.2 Å². The normalized spacial score (nSPS) is 13.4. The summed E-state index contributed by atoms with van der Waals surface area (Å²) >= 11 is 0. The van der Waals surface area contributed by atoms with Gasteiger partial charge >= 0.3 is 0 Å². The fourth-order valence-corrected chi connectivity index (χ4v) is 2.19. The van der Waals surface area contributed by atoms with Gasteiger partial charge in [0.25, 0.3) is 0 Å². The van der Waals surface area contributed by atoms with Crippen LogP contribution in [0.25, 0.3) is 0 Å². The van der Waals surface area contributed by atoms with Crippen LogP contribution in [0.15, 0.2) is 36.4 Å². The number of ether oxygens (including phenoxy) is 1. The lowest BCUT2D eigenvalue weighted by Crippen LogP contribution is -2.15. The number of benzene rings is 1. The van der Waals surface area contributed by atoms with E-state index in [0.717, 1.165) is 31.6 Å². The maximum Gasteiger partial charge on any atom is 0.228 e. The second-order valence-electron chi connectivity index (χ2n) is 5.59. The van der Waals surface area contributed by atoms with E-state index in [4.69, 9.17) is 4.74 Å².